The Morgan fingerprint density at radius 2 is 1.90 bits per heavy atom. The number of benzene rings is 1. The van der Waals surface area contributed by atoms with E-state index in [1.165, 1.54) is 31.2 Å². The number of rotatable bonds is 6. The Morgan fingerprint density at radius 3 is 2.33 bits per heavy atom. The quantitative estimate of drug-likeness (QED) is 0.738. The molecule has 2 N–H and O–H groups in total. The maximum Gasteiger partial charge on any atom is 0.318 e. The van der Waals surface area contributed by atoms with E-state index in [9.17, 15) is 18.0 Å². The van der Waals surface area contributed by atoms with Crippen LogP contribution in [0.3, 0.4) is 0 Å². The number of sulfonamides is 1. The van der Waals surface area contributed by atoms with E-state index in [0.717, 1.165) is 0 Å². The fraction of sp³-hybridized carbons (Fsp3) is 0.231. The van der Waals surface area contributed by atoms with Crippen LogP contribution in [-0.4, -0.2) is 42.8 Å². The van der Waals surface area contributed by atoms with E-state index < -0.39 is 22.5 Å². The summed E-state index contributed by atoms with van der Waals surface area (Å²) in [5.74, 6) is 0.524. The fourth-order valence-electron chi connectivity index (χ4n) is 1.54. The van der Waals surface area contributed by atoms with E-state index in [0.29, 0.717) is 9.99 Å². The van der Waals surface area contributed by atoms with Crippen molar-refractivity contribution in [2.45, 2.75) is 11.8 Å². The lowest BCUT2D eigenvalue weighted by Gasteiger charge is -2.17. The van der Waals surface area contributed by atoms with Crippen molar-refractivity contribution < 1.29 is 23.1 Å². The van der Waals surface area contributed by atoms with Gasteiger partial charge in [0.1, 0.15) is 6.54 Å². The highest BCUT2D eigenvalue weighted by atomic mass is 32.2. The lowest BCUT2D eigenvalue weighted by Crippen LogP contribution is -2.35. The van der Waals surface area contributed by atoms with Gasteiger partial charge < -0.3 is 10.4 Å². The molecule has 0 spiro atoms. The maximum absolute atomic E-state index is 12.3. The number of carboxylic acid groups (broad SMARTS) is 1. The summed E-state index contributed by atoms with van der Waals surface area (Å²) in [6.07, 6.45) is 5.06. The first kappa shape index (κ1) is 16.7. The van der Waals surface area contributed by atoms with Crippen molar-refractivity contribution in [1.29, 1.82) is 0 Å². The second-order valence-corrected chi connectivity index (χ2v) is 6.01. The molecular weight excluding hydrogens is 296 g/mol. The van der Waals surface area contributed by atoms with Gasteiger partial charge in [-0.1, -0.05) is 5.92 Å². The molecule has 0 saturated carbocycles. The molecule has 21 heavy (non-hydrogen) atoms. The molecule has 0 aliphatic carbocycles. The molecule has 1 aromatic rings. The lowest BCUT2D eigenvalue weighted by molar-refractivity contribution is -0.137. The first-order valence-electron chi connectivity index (χ1n) is 5.80. The van der Waals surface area contributed by atoms with Gasteiger partial charge in [0.2, 0.25) is 15.9 Å². The number of carboxylic acids is 1. The summed E-state index contributed by atoms with van der Waals surface area (Å²) < 4.78 is 25.2. The van der Waals surface area contributed by atoms with Crippen molar-refractivity contribution in [1.82, 2.24) is 4.31 Å². The van der Waals surface area contributed by atoms with Gasteiger partial charge in [-0.3, -0.25) is 9.59 Å². The zero-order valence-corrected chi connectivity index (χ0v) is 12.1. The standard InChI is InChI=1S/C13H14N2O5S/c1-3-8-15(9-13(17)18)21(19,20)12-6-4-11(5-7-12)14-10(2)16/h1,4-7H,8-9H2,2H3,(H,14,16)(H,17,18). The molecule has 8 heteroatoms. The molecule has 0 atom stereocenters. The average molecular weight is 310 g/mol. The first-order chi connectivity index (χ1) is 9.77. The summed E-state index contributed by atoms with van der Waals surface area (Å²) in [6, 6.07) is 5.35. The van der Waals surface area contributed by atoms with Crippen LogP contribution in [0, 0.1) is 12.3 Å². The molecule has 0 aliphatic rings. The highest BCUT2D eigenvalue weighted by Gasteiger charge is 2.25. The molecule has 1 amide bonds. The summed E-state index contributed by atoms with van der Waals surface area (Å²) in [6.45, 7) is 0.258. The van der Waals surface area contributed by atoms with Gasteiger partial charge >= 0.3 is 5.97 Å². The minimum Gasteiger partial charge on any atom is -0.480 e. The fourth-order valence-corrected chi connectivity index (χ4v) is 2.84. The molecule has 0 radical (unpaired) electrons. The van der Waals surface area contributed by atoms with E-state index in [1.807, 2.05) is 0 Å². The van der Waals surface area contributed by atoms with Crippen LogP contribution >= 0.6 is 0 Å². The molecule has 0 aromatic heterocycles. The molecule has 0 heterocycles. The summed E-state index contributed by atoms with van der Waals surface area (Å²) in [5, 5.41) is 11.2. The number of hydrogen-bond donors (Lipinski definition) is 2. The topological polar surface area (TPSA) is 104 Å². The molecule has 0 aliphatic heterocycles. The number of amides is 1. The second-order valence-electron chi connectivity index (χ2n) is 4.08. The lowest BCUT2D eigenvalue weighted by atomic mass is 10.3. The Labute approximate surface area is 122 Å². The minimum atomic E-state index is -4.01. The van der Waals surface area contributed by atoms with Crippen molar-refractivity contribution in [2.75, 3.05) is 18.4 Å². The molecule has 0 bridgehead atoms. The van der Waals surface area contributed by atoms with Crippen LogP contribution in [0.1, 0.15) is 6.92 Å². The monoisotopic (exact) mass is 310 g/mol. The predicted octanol–water partition coefficient (Wildman–Crippen LogP) is 0.353. The number of hydrogen-bond acceptors (Lipinski definition) is 4. The normalized spacial score (nSPS) is 10.9. The van der Waals surface area contributed by atoms with Crippen LogP contribution in [0.4, 0.5) is 5.69 Å². The van der Waals surface area contributed by atoms with E-state index in [-0.39, 0.29) is 17.3 Å². The van der Waals surface area contributed by atoms with E-state index in [2.05, 4.69) is 11.2 Å². The van der Waals surface area contributed by atoms with Crippen LogP contribution < -0.4 is 5.32 Å². The molecule has 0 unspecified atom stereocenters. The van der Waals surface area contributed by atoms with Crippen molar-refractivity contribution in [3.05, 3.63) is 24.3 Å². The number of carbonyl (C=O) groups excluding carboxylic acids is 1. The van der Waals surface area contributed by atoms with E-state index >= 15 is 0 Å². The first-order valence-corrected chi connectivity index (χ1v) is 7.24. The van der Waals surface area contributed by atoms with Gasteiger partial charge in [0.15, 0.2) is 0 Å². The number of nitrogens with zero attached hydrogens (tertiary/aromatic N) is 1. The molecule has 7 nitrogen and oxygen atoms in total. The Bertz CT molecular complexity index is 674. The maximum atomic E-state index is 12.3. The summed E-state index contributed by atoms with van der Waals surface area (Å²) >= 11 is 0. The van der Waals surface area contributed by atoms with Gasteiger partial charge in [-0.15, -0.1) is 6.42 Å². The van der Waals surface area contributed by atoms with Gasteiger partial charge in [0, 0.05) is 12.6 Å². The average Bonchev–Trinajstić information content (AvgIpc) is 2.37. The van der Waals surface area contributed by atoms with Crippen LogP contribution in [0.15, 0.2) is 29.2 Å². The predicted molar refractivity (Wildman–Crippen MR) is 76.0 cm³/mol. The van der Waals surface area contributed by atoms with Crippen molar-refractivity contribution in [2.24, 2.45) is 0 Å². The summed E-state index contributed by atoms with van der Waals surface area (Å²) in [5.41, 5.74) is 0.434. The van der Waals surface area contributed by atoms with E-state index in [4.69, 9.17) is 11.5 Å². The Morgan fingerprint density at radius 1 is 1.33 bits per heavy atom. The van der Waals surface area contributed by atoms with Crippen LogP contribution in [0.5, 0.6) is 0 Å². The van der Waals surface area contributed by atoms with Crippen LogP contribution in [-0.2, 0) is 19.6 Å². The number of aliphatic carboxylic acids is 1. The molecule has 112 valence electrons. The van der Waals surface area contributed by atoms with Gasteiger partial charge in [-0.25, -0.2) is 8.42 Å². The van der Waals surface area contributed by atoms with Gasteiger partial charge in [-0.05, 0) is 24.3 Å². The summed E-state index contributed by atoms with van der Waals surface area (Å²) in [7, 11) is -4.01. The highest BCUT2D eigenvalue weighted by molar-refractivity contribution is 7.89. The van der Waals surface area contributed by atoms with Gasteiger partial charge in [0.25, 0.3) is 0 Å². The van der Waals surface area contributed by atoms with Crippen LogP contribution in [0.2, 0.25) is 0 Å². The zero-order chi connectivity index (χ0) is 16.0. The molecular formula is C13H14N2O5S. The Balaban J connectivity index is 3.07. The third-order valence-corrected chi connectivity index (χ3v) is 4.20. The van der Waals surface area contributed by atoms with Gasteiger partial charge in [0.05, 0.1) is 11.4 Å². The molecule has 1 aromatic carbocycles. The van der Waals surface area contributed by atoms with Crippen molar-refractivity contribution >= 4 is 27.6 Å². The smallest absolute Gasteiger partial charge is 0.318 e. The number of terminal acetylenes is 1. The Kier molecular flexibility index (Phi) is 5.46. The van der Waals surface area contributed by atoms with E-state index in [1.54, 1.807) is 0 Å². The third-order valence-electron chi connectivity index (χ3n) is 2.39. The molecule has 0 fully saturated rings. The van der Waals surface area contributed by atoms with Crippen molar-refractivity contribution in [3.63, 3.8) is 0 Å². The Hall–Kier alpha value is -2.37. The SMILES string of the molecule is C#CCN(CC(=O)O)S(=O)(=O)c1ccc(NC(C)=O)cc1. The second kappa shape index (κ2) is 6.88. The summed E-state index contributed by atoms with van der Waals surface area (Å²) in [4.78, 5) is 21.5. The zero-order valence-electron chi connectivity index (χ0n) is 11.2. The number of carbonyl (C=O) groups is 2. The van der Waals surface area contributed by atoms with Crippen molar-refractivity contribution in [3.8, 4) is 12.3 Å². The van der Waals surface area contributed by atoms with Crippen LogP contribution in [0.25, 0.3) is 0 Å². The molecule has 1 rings (SSSR count). The minimum absolute atomic E-state index is 0.104. The molecule has 0 saturated heterocycles. The highest BCUT2D eigenvalue weighted by Crippen LogP contribution is 2.18. The number of nitrogens with one attached hydrogen (secondary N) is 1. The third kappa shape index (κ3) is 4.59. The number of anilines is 1. The van der Waals surface area contributed by atoms with Gasteiger partial charge in [-0.2, -0.15) is 4.31 Å². The largest absolute Gasteiger partial charge is 0.480 e.